The van der Waals surface area contributed by atoms with Crippen LogP contribution in [0.15, 0.2) is 35.7 Å². The van der Waals surface area contributed by atoms with E-state index in [0.29, 0.717) is 0 Å². The van der Waals surface area contributed by atoms with Crippen LogP contribution in [0.25, 0.3) is 11.1 Å². The fraction of sp³-hybridized carbons (Fsp3) is 0.231. The zero-order valence-corrected chi connectivity index (χ0v) is 9.68. The third kappa shape index (κ3) is 2.11. The highest BCUT2D eigenvalue weighted by Crippen LogP contribution is 2.30. The first-order valence-corrected chi connectivity index (χ1v) is 6.03. The normalized spacial score (nSPS) is 10.5. The van der Waals surface area contributed by atoms with Crippen LogP contribution in [0, 0.1) is 6.92 Å². The molecule has 0 aliphatic rings. The van der Waals surface area contributed by atoms with Gasteiger partial charge >= 0.3 is 0 Å². The minimum atomic E-state index is 0.722. The second-order valence-electron chi connectivity index (χ2n) is 3.61. The smallest absolute Gasteiger partial charge is 0.0136 e. The highest BCUT2D eigenvalue weighted by atomic mass is 32.1. The van der Waals surface area contributed by atoms with Crippen LogP contribution in [-0.4, -0.2) is 6.54 Å². The first-order chi connectivity index (χ1) is 7.33. The molecule has 2 rings (SSSR count). The van der Waals surface area contributed by atoms with Crippen molar-refractivity contribution in [2.45, 2.75) is 13.3 Å². The maximum absolute atomic E-state index is 5.61. The molecule has 0 radical (unpaired) electrons. The minimum absolute atomic E-state index is 0.722. The van der Waals surface area contributed by atoms with Gasteiger partial charge in [0.25, 0.3) is 0 Å². The fourth-order valence-corrected chi connectivity index (χ4v) is 2.69. The molecule has 0 saturated heterocycles. The van der Waals surface area contributed by atoms with Crippen LogP contribution in [0.2, 0.25) is 0 Å². The molecular formula is C13H15NS. The lowest BCUT2D eigenvalue weighted by Crippen LogP contribution is -2.02. The standard InChI is InChI=1S/C13H15NS/c1-10-4-2-3-5-11(10)12-7-9-15-13(12)6-8-14/h2-5,7,9H,6,8,14H2,1H3. The quantitative estimate of drug-likeness (QED) is 0.839. The molecule has 0 unspecified atom stereocenters. The van der Waals surface area contributed by atoms with Gasteiger partial charge in [-0.2, -0.15) is 0 Å². The molecule has 1 heterocycles. The van der Waals surface area contributed by atoms with Crippen molar-refractivity contribution >= 4 is 11.3 Å². The molecule has 78 valence electrons. The summed E-state index contributed by atoms with van der Waals surface area (Å²) in [5, 5.41) is 2.15. The van der Waals surface area contributed by atoms with Gasteiger partial charge in [0.15, 0.2) is 0 Å². The van der Waals surface area contributed by atoms with Gasteiger partial charge < -0.3 is 5.73 Å². The van der Waals surface area contributed by atoms with E-state index in [9.17, 15) is 0 Å². The van der Waals surface area contributed by atoms with Gasteiger partial charge in [-0.1, -0.05) is 24.3 Å². The summed E-state index contributed by atoms with van der Waals surface area (Å²) in [7, 11) is 0. The molecule has 0 aliphatic heterocycles. The Balaban J connectivity index is 2.45. The molecule has 2 N–H and O–H groups in total. The summed E-state index contributed by atoms with van der Waals surface area (Å²) < 4.78 is 0. The van der Waals surface area contributed by atoms with Crippen LogP contribution in [-0.2, 0) is 6.42 Å². The number of rotatable bonds is 3. The van der Waals surface area contributed by atoms with Crippen molar-refractivity contribution in [3.05, 3.63) is 46.2 Å². The van der Waals surface area contributed by atoms with Crippen molar-refractivity contribution in [1.82, 2.24) is 0 Å². The lowest BCUT2D eigenvalue weighted by Gasteiger charge is -2.06. The molecule has 0 atom stereocenters. The summed E-state index contributed by atoms with van der Waals surface area (Å²) in [6.45, 7) is 2.87. The third-order valence-electron chi connectivity index (χ3n) is 2.55. The molecule has 0 bridgehead atoms. The largest absolute Gasteiger partial charge is 0.330 e. The van der Waals surface area contributed by atoms with Crippen LogP contribution < -0.4 is 5.73 Å². The van der Waals surface area contributed by atoms with Gasteiger partial charge in [0.05, 0.1) is 0 Å². The highest BCUT2D eigenvalue weighted by Gasteiger charge is 2.07. The molecule has 0 saturated carbocycles. The van der Waals surface area contributed by atoms with Crippen molar-refractivity contribution in [1.29, 1.82) is 0 Å². The predicted molar refractivity (Wildman–Crippen MR) is 67.3 cm³/mol. The van der Waals surface area contributed by atoms with Crippen molar-refractivity contribution in [2.75, 3.05) is 6.54 Å². The zero-order chi connectivity index (χ0) is 10.7. The highest BCUT2D eigenvalue weighted by molar-refractivity contribution is 7.10. The van der Waals surface area contributed by atoms with Crippen LogP contribution in [0.5, 0.6) is 0 Å². The van der Waals surface area contributed by atoms with E-state index in [1.54, 1.807) is 11.3 Å². The summed E-state index contributed by atoms with van der Waals surface area (Å²) in [5.74, 6) is 0. The summed E-state index contributed by atoms with van der Waals surface area (Å²) in [6, 6.07) is 10.7. The van der Waals surface area contributed by atoms with E-state index in [1.807, 2.05) is 0 Å². The lowest BCUT2D eigenvalue weighted by molar-refractivity contribution is 0.990. The fourth-order valence-electron chi connectivity index (χ4n) is 1.78. The zero-order valence-electron chi connectivity index (χ0n) is 8.86. The Morgan fingerprint density at radius 1 is 1.13 bits per heavy atom. The van der Waals surface area contributed by atoms with Gasteiger partial charge in [0.2, 0.25) is 0 Å². The van der Waals surface area contributed by atoms with Gasteiger partial charge in [-0.25, -0.2) is 0 Å². The van der Waals surface area contributed by atoms with E-state index in [0.717, 1.165) is 13.0 Å². The molecule has 1 aromatic carbocycles. The van der Waals surface area contributed by atoms with Gasteiger partial charge in [-0.3, -0.25) is 0 Å². The number of hydrogen-bond donors (Lipinski definition) is 1. The molecule has 2 aromatic rings. The second-order valence-corrected chi connectivity index (χ2v) is 4.61. The Morgan fingerprint density at radius 2 is 1.93 bits per heavy atom. The first-order valence-electron chi connectivity index (χ1n) is 5.15. The number of thiophene rings is 1. The van der Waals surface area contributed by atoms with Gasteiger partial charge in [-0.15, -0.1) is 11.3 Å². The summed E-state index contributed by atoms with van der Waals surface area (Å²) in [5.41, 5.74) is 9.63. The number of nitrogens with two attached hydrogens (primary N) is 1. The van der Waals surface area contributed by atoms with E-state index in [1.165, 1.54) is 21.6 Å². The van der Waals surface area contributed by atoms with Crippen molar-refractivity contribution < 1.29 is 0 Å². The first kappa shape index (κ1) is 10.4. The summed E-state index contributed by atoms with van der Waals surface area (Å²) in [6.07, 6.45) is 0.974. The monoisotopic (exact) mass is 217 g/mol. The van der Waals surface area contributed by atoms with Crippen LogP contribution in [0.1, 0.15) is 10.4 Å². The van der Waals surface area contributed by atoms with Crippen molar-refractivity contribution in [3.8, 4) is 11.1 Å². The van der Waals surface area contributed by atoms with E-state index in [-0.39, 0.29) is 0 Å². The second kappa shape index (κ2) is 4.60. The van der Waals surface area contributed by atoms with Crippen molar-refractivity contribution in [3.63, 3.8) is 0 Å². The van der Waals surface area contributed by atoms with Gasteiger partial charge in [0, 0.05) is 4.88 Å². The minimum Gasteiger partial charge on any atom is -0.330 e. The summed E-state index contributed by atoms with van der Waals surface area (Å²) in [4.78, 5) is 1.40. The Kier molecular flexibility index (Phi) is 3.19. The van der Waals surface area contributed by atoms with Crippen LogP contribution in [0.4, 0.5) is 0 Å². The SMILES string of the molecule is Cc1ccccc1-c1ccsc1CCN. The van der Waals surface area contributed by atoms with Crippen molar-refractivity contribution in [2.24, 2.45) is 5.73 Å². The number of benzene rings is 1. The Morgan fingerprint density at radius 3 is 2.67 bits per heavy atom. The lowest BCUT2D eigenvalue weighted by atomic mass is 10.0. The molecular weight excluding hydrogens is 202 g/mol. The average Bonchev–Trinajstić information content (AvgIpc) is 2.67. The molecule has 0 aliphatic carbocycles. The molecule has 0 amide bonds. The molecule has 0 spiro atoms. The van der Waals surface area contributed by atoms with E-state index in [2.05, 4.69) is 42.6 Å². The molecule has 0 fully saturated rings. The Labute approximate surface area is 94.6 Å². The maximum Gasteiger partial charge on any atom is 0.0136 e. The molecule has 2 heteroatoms. The summed E-state index contributed by atoms with van der Waals surface area (Å²) >= 11 is 1.80. The predicted octanol–water partition coefficient (Wildman–Crippen LogP) is 3.22. The average molecular weight is 217 g/mol. The van der Waals surface area contributed by atoms with E-state index >= 15 is 0 Å². The Hall–Kier alpha value is -1.12. The molecule has 1 nitrogen and oxygen atoms in total. The van der Waals surface area contributed by atoms with Crippen LogP contribution in [0.3, 0.4) is 0 Å². The van der Waals surface area contributed by atoms with Crippen LogP contribution >= 0.6 is 11.3 Å². The third-order valence-corrected chi connectivity index (χ3v) is 3.53. The van der Waals surface area contributed by atoms with E-state index in [4.69, 9.17) is 5.73 Å². The van der Waals surface area contributed by atoms with Gasteiger partial charge in [0.1, 0.15) is 0 Å². The van der Waals surface area contributed by atoms with E-state index < -0.39 is 0 Å². The van der Waals surface area contributed by atoms with Gasteiger partial charge in [-0.05, 0) is 48.0 Å². The molecule has 15 heavy (non-hydrogen) atoms. The number of hydrogen-bond acceptors (Lipinski definition) is 2. The Bertz CT molecular complexity index is 445. The topological polar surface area (TPSA) is 26.0 Å². The maximum atomic E-state index is 5.61. The number of aryl methyl sites for hydroxylation is 1. The molecule has 1 aromatic heterocycles.